The van der Waals surface area contributed by atoms with Crippen LogP contribution in [0.2, 0.25) is 0 Å². The Morgan fingerprint density at radius 3 is 2.93 bits per heavy atom. The fourth-order valence-electron chi connectivity index (χ4n) is 0.788. The summed E-state index contributed by atoms with van der Waals surface area (Å²) in [6.45, 7) is 0. The maximum absolute atomic E-state index is 10.6. The van der Waals surface area contributed by atoms with Gasteiger partial charge in [0.25, 0.3) is 0 Å². The van der Waals surface area contributed by atoms with Crippen molar-refractivity contribution in [3.05, 3.63) is 6.07 Å². The first-order chi connectivity index (χ1) is 7.15. The molecule has 2 aromatic rings. The van der Waals surface area contributed by atoms with Crippen LogP contribution in [0.5, 0.6) is 5.88 Å². The molecule has 0 aliphatic carbocycles. The Kier molecular flexibility index (Phi) is 2.93. The molecule has 2 rings (SSSR count). The Balaban J connectivity index is 2.17. The van der Waals surface area contributed by atoms with Crippen LogP contribution >= 0.6 is 32.8 Å². The van der Waals surface area contributed by atoms with Crippen molar-refractivity contribution in [2.75, 3.05) is 5.75 Å². The van der Waals surface area contributed by atoms with Crippen molar-refractivity contribution in [1.29, 1.82) is 0 Å². The van der Waals surface area contributed by atoms with Crippen LogP contribution in [0.15, 0.2) is 11.2 Å². The highest BCUT2D eigenvalue weighted by atomic mass is 33.0. The largest absolute Gasteiger partial charge is 0.493 e. The van der Waals surface area contributed by atoms with Gasteiger partial charge in [-0.15, -0.1) is 0 Å². The molecule has 6 nitrogen and oxygen atoms in total. The van der Waals surface area contributed by atoms with E-state index in [9.17, 15) is 9.90 Å². The fraction of sp³-hybridized carbons (Fsp3) is 0.167. The van der Waals surface area contributed by atoms with Crippen molar-refractivity contribution in [1.82, 2.24) is 13.3 Å². The molecule has 15 heavy (non-hydrogen) atoms. The minimum Gasteiger partial charge on any atom is -0.493 e. The average molecular weight is 262 g/mol. The van der Waals surface area contributed by atoms with E-state index in [0.717, 1.165) is 11.8 Å². The standard InChI is InChI=1S/C6H6N4O2S3/c7-3(11)2-13-6-8-4(10-14-15-10)1-5(12)9-6/h1H,2H2,(H2,7,11)(H,8,9,12). The summed E-state index contributed by atoms with van der Waals surface area (Å²) in [7, 11) is 3.02. The van der Waals surface area contributed by atoms with Gasteiger partial charge in [0.05, 0.1) is 5.75 Å². The van der Waals surface area contributed by atoms with E-state index in [2.05, 4.69) is 9.97 Å². The van der Waals surface area contributed by atoms with Crippen LogP contribution in [0.4, 0.5) is 0 Å². The van der Waals surface area contributed by atoms with E-state index in [1.54, 1.807) is 0 Å². The zero-order chi connectivity index (χ0) is 10.8. The summed E-state index contributed by atoms with van der Waals surface area (Å²) < 4.78 is 1.82. The Bertz CT molecular complexity index is 465. The van der Waals surface area contributed by atoms with E-state index in [0.29, 0.717) is 11.0 Å². The summed E-state index contributed by atoms with van der Waals surface area (Å²) in [6, 6.07) is 1.46. The van der Waals surface area contributed by atoms with Crippen LogP contribution < -0.4 is 5.73 Å². The molecule has 0 saturated carbocycles. The van der Waals surface area contributed by atoms with Crippen LogP contribution in [-0.2, 0) is 4.79 Å². The summed E-state index contributed by atoms with van der Waals surface area (Å²) in [5.41, 5.74) is 4.99. The van der Waals surface area contributed by atoms with Gasteiger partial charge in [-0.3, -0.25) is 4.79 Å². The topological polar surface area (TPSA) is 94.0 Å². The number of hydrogen-bond acceptors (Lipinski definition) is 7. The molecule has 0 aliphatic rings. The molecule has 3 N–H and O–H groups in total. The summed E-state index contributed by atoms with van der Waals surface area (Å²) in [5, 5.41) is 9.65. The average Bonchev–Trinajstić information content (AvgIpc) is 2.97. The molecule has 0 bridgehead atoms. The molecular weight excluding hydrogens is 256 g/mol. The third kappa shape index (κ3) is 2.94. The predicted molar refractivity (Wildman–Crippen MR) is 58.7 cm³/mol. The zero-order valence-electron chi connectivity index (χ0n) is 7.28. The zero-order valence-corrected chi connectivity index (χ0v) is 9.73. The third-order valence-electron chi connectivity index (χ3n) is 1.36. The molecule has 0 aromatic carbocycles. The van der Waals surface area contributed by atoms with Gasteiger partial charge in [0.15, 0.2) is 11.0 Å². The number of nitrogens with two attached hydrogens (primary N) is 1. The van der Waals surface area contributed by atoms with Crippen LogP contribution in [-0.4, -0.2) is 30.1 Å². The van der Waals surface area contributed by atoms with Gasteiger partial charge in [0.1, 0.15) is 0 Å². The predicted octanol–water partition coefficient (Wildman–Crippen LogP) is 0.673. The van der Waals surface area contributed by atoms with Crippen LogP contribution in [0.1, 0.15) is 0 Å². The maximum atomic E-state index is 10.6. The highest BCUT2D eigenvalue weighted by Crippen LogP contribution is 2.27. The lowest BCUT2D eigenvalue weighted by Crippen LogP contribution is -2.13. The molecule has 2 aromatic heterocycles. The van der Waals surface area contributed by atoms with Crippen molar-refractivity contribution in [2.45, 2.75) is 5.16 Å². The molecular formula is C6H6N4O2S3. The Hall–Kier alpha value is -1.06. The molecule has 2 heterocycles. The molecule has 0 radical (unpaired) electrons. The number of amides is 1. The van der Waals surface area contributed by atoms with Gasteiger partial charge in [-0.25, -0.2) is 4.98 Å². The molecule has 0 aliphatic heterocycles. The van der Waals surface area contributed by atoms with E-state index in [4.69, 9.17) is 5.73 Å². The van der Waals surface area contributed by atoms with Gasteiger partial charge < -0.3 is 10.8 Å². The van der Waals surface area contributed by atoms with Gasteiger partial charge in [0.2, 0.25) is 11.8 Å². The highest BCUT2D eigenvalue weighted by Gasteiger charge is 2.10. The second-order valence-electron chi connectivity index (χ2n) is 2.53. The van der Waals surface area contributed by atoms with Crippen molar-refractivity contribution in [3.63, 3.8) is 0 Å². The smallest absolute Gasteiger partial charge is 0.227 e. The van der Waals surface area contributed by atoms with E-state index in [1.165, 1.54) is 27.1 Å². The van der Waals surface area contributed by atoms with E-state index in [-0.39, 0.29) is 11.6 Å². The quantitative estimate of drug-likeness (QED) is 0.480. The summed E-state index contributed by atoms with van der Waals surface area (Å²) in [4.78, 5) is 18.5. The molecule has 1 amide bonds. The fourth-order valence-corrected chi connectivity index (χ4v) is 2.31. The lowest BCUT2D eigenvalue weighted by Gasteiger charge is -2.00. The molecule has 0 unspecified atom stereocenters. The van der Waals surface area contributed by atoms with Crippen molar-refractivity contribution in [2.24, 2.45) is 5.73 Å². The number of carbonyl (C=O) groups is 1. The van der Waals surface area contributed by atoms with E-state index in [1.807, 2.05) is 3.35 Å². The molecule has 9 heteroatoms. The maximum Gasteiger partial charge on any atom is 0.227 e. The summed E-state index contributed by atoms with van der Waals surface area (Å²) in [5.74, 6) is 0.164. The van der Waals surface area contributed by atoms with Gasteiger partial charge >= 0.3 is 0 Å². The first kappa shape index (κ1) is 10.5. The molecule has 0 spiro atoms. The van der Waals surface area contributed by atoms with E-state index >= 15 is 0 Å². The van der Waals surface area contributed by atoms with E-state index < -0.39 is 5.91 Å². The minimum absolute atomic E-state index is 0.100. The van der Waals surface area contributed by atoms with Crippen LogP contribution in [0.25, 0.3) is 5.82 Å². The SMILES string of the molecule is NC(=O)CSc1nc(O)cc(-n2ss2)n1. The van der Waals surface area contributed by atoms with Crippen molar-refractivity contribution >= 4 is 38.7 Å². The monoisotopic (exact) mass is 262 g/mol. The molecule has 0 fully saturated rings. The summed E-state index contributed by atoms with van der Waals surface area (Å²) in [6.07, 6.45) is 0. The number of thioether (sulfide) groups is 1. The van der Waals surface area contributed by atoms with Crippen molar-refractivity contribution < 1.29 is 9.90 Å². The van der Waals surface area contributed by atoms with Gasteiger partial charge in [0, 0.05) is 27.1 Å². The van der Waals surface area contributed by atoms with Crippen LogP contribution in [0.3, 0.4) is 0 Å². The summed E-state index contributed by atoms with van der Waals surface area (Å²) >= 11 is 1.10. The lowest BCUT2D eigenvalue weighted by atomic mass is 10.6. The lowest BCUT2D eigenvalue weighted by molar-refractivity contribution is -0.115. The second kappa shape index (κ2) is 4.21. The number of carbonyl (C=O) groups excluding carboxylic acids is 1. The van der Waals surface area contributed by atoms with Gasteiger partial charge in [-0.1, -0.05) is 11.8 Å². The van der Waals surface area contributed by atoms with Crippen LogP contribution in [0, 0.1) is 0 Å². The minimum atomic E-state index is -0.441. The number of aromatic nitrogens is 3. The Morgan fingerprint density at radius 2 is 2.33 bits per heavy atom. The number of rotatable bonds is 4. The second-order valence-corrected chi connectivity index (χ2v) is 5.62. The third-order valence-corrected chi connectivity index (χ3v) is 3.79. The normalized spacial score (nSPS) is 10.7. The molecule has 0 atom stereocenters. The number of aromatic hydroxyl groups is 1. The highest BCUT2D eigenvalue weighted by molar-refractivity contribution is 7.99. The Morgan fingerprint density at radius 1 is 1.60 bits per heavy atom. The molecule has 0 saturated heterocycles. The first-order valence-corrected chi connectivity index (χ1v) is 6.84. The first-order valence-electron chi connectivity index (χ1n) is 3.79. The Labute approximate surface area is 96.4 Å². The van der Waals surface area contributed by atoms with Gasteiger partial charge in [-0.05, 0) is 0 Å². The van der Waals surface area contributed by atoms with Crippen molar-refractivity contribution in [3.8, 4) is 11.7 Å². The molecule has 80 valence electrons. The number of primary amides is 1. The number of hydrogen-bond donors (Lipinski definition) is 2. The van der Waals surface area contributed by atoms with Gasteiger partial charge in [-0.2, -0.15) is 8.33 Å². The number of nitrogens with zero attached hydrogens (tertiary/aromatic N) is 3.